The first kappa shape index (κ1) is 24.7. The summed E-state index contributed by atoms with van der Waals surface area (Å²) in [6.07, 6.45) is 1.30. The maximum Gasteiger partial charge on any atom is 0.244 e. The Labute approximate surface area is 200 Å². The third-order valence-electron chi connectivity index (χ3n) is 6.84. The largest absolute Gasteiger partial charge is 0.298 e. The zero-order valence-corrected chi connectivity index (χ0v) is 20.7. The van der Waals surface area contributed by atoms with Crippen LogP contribution in [0.2, 0.25) is 0 Å². The number of hydrogen-bond donors (Lipinski definition) is 0. The fraction of sp³-hybridized carbons (Fsp3) is 0.391. The molecule has 2 aromatic carbocycles. The van der Waals surface area contributed by atoms with Crippen molar-refractivity contribution in [2.24, 2.45) is 0 Å². The van der Waals surface area contributed by atoms with E-state index in [0.717, 1.165) is 0 Å². The van der Waals surface area contributed by atoms with Crippen molar-refractivity contribution in [1.29, 1.82) is 0 Å². The fourth-order valence-electron chi connectivity index (χ4n) is 4.76. The van der Waals surface area contributed by atoms with Crippen molar-refractivity contribution in [3.63, 3.8) is 0 Å². The predicted molar refractivity (Wildman–Crippen MR) is 126 cm³/mol. The van der Waals surface area contributed by atoms with Crippen LogP contribution in [0.3, 0.4) is 0 Å². The molecule has 182 valence electrons. The van der Waals surface area contributed by atoms with Crippen LogP contribution < -0.4 is 0 Å². The highest BCUT2D eigenvalue weighted by molar-refractivity contribution is 7.89. The molecule has 34 heavy (non-hydrogen) atoms. The van der Waals surface area contributed by atoms with E-state index >= 15 is 0 Å². The van der Waals surface area contributed by atoms with Gasteiger partial charge in [-0.25, -0.2) is 16.8 Å². The zero-order chi connectivity index (χ0) is 24.7. The summed E-state index contributed by atoms with van der Waals surface area (Å²) in [5.41, 5.74) is 0.000326. The number of ketones is 1. The first-order valence-corrected chi connectivity index (χ1v) is 13.8. The molecule has 2 aliphatic rings. The summed E-state index contributed by atoms with van der Waals surface area (Å²) in [6, 6.07) is 11.6. The minimum absolute atomic E-state index is 0.105. The molecule has 0 saturated carbocycles. The molecule has 0 amide bonds. The Morgan fingerprint density at radius 2 is 1.35 bits per heavy atom. The number of likely N-dealkylation sites (N-methyl/N-ethyl adjacent to an activating group) is 1. The van der Waals surface area contributed by atoms with Crippen LogP contribution in [0.1, 0.15) is 40.5 Å². The first-order chi connectivity index (χ1) is 16.0. The number of benzene rings is 2. The minimum atomic E-state index is -3.85. The average Bonchev–Trinajstić information content (AvgIpc) is 3.15. The fourth-order valence-corrected chi connectivity index (χ4v) is 8.03. The maximum absolute atomic E-state index is 13.5. The second kappa shape index (κ2) is 8.97. The van der Waals surface area contributed by atoms with E-state index in [9.17, 15) is 26.4 Å². The smallest absolute Gasteiger partial charge is 0.244 e. The van der Waals surface area contributed by atoms with Gasteiger partial charge >= 0.3 is 0 Å². The van der Waals surface area contributed by atoms with E-state index in [0.29, 0.717) is 43.3 Å². The van der Waals surface area contributed by atoms with Gasteiger partial charge in [0.1, 0.15) is 6.29 Å². The molecule has 0 atom stereocenters. The summed E-state index contributed by atoms with van der Waals surface area (Å²) in [7, 11) is -5.77. The maximum atomic E-state index is 13.5. The van der Waals surface area contributed by atoms with Gasteiger partial charge in [-0.1, -0.05) is 24.3 Å². The third-order valence-corrected chi connectivity index (χ3v) is 10.7. The molecule has 0 bridgehead atoms. The van der Waals surface area contributed by atoms with Gasteiger partial charge in [0.05, 0.1) is 15.5 Å². The summed E-state index contributed by atoms with van der Waals surface area (Å²) in [5, 5.41) is 0. The molecular weight excluding hydrogens is 478 g/mol. The second-order valence-corrected chi connectivity index (χ2v) is 12.5. The number of hydrogen-bond acceptors (Lipinski definition) is 7. The van der Waals surface area contributed by atoms with Crippen molar-refractivity contribution in [3.05, 3.63) is 59.7 Å². The molecule has 2 saturated heterocycles. The molecule has 4 rings (SSSR count). The second-order valence-electron chi connectivity index (χ2n) is 8.65. The van der Waals surface area contributed by atoms with Gasteiger partial charge in [-0.2, -0.15) is 8.61 Å². The Morgan fingerprint density at radius 3 is 1.88 bits per heavy atom. The van der Waals surface area contributed by atoms with Gasteiger partial charge in [-0.3, -0.25) is 14.5 Å². The number of Topliss-reactive ketones (excluding diaryl/α,β-unsaturated/α-hetero) is 1. The molecule has 2 fully saturated rings. The Morgan fingerprint density at radius 1 is 0.824 bits per heavy atom. The first-order valence-electron chi connectivity index (χ1n) is 10.9. The number of carbonyl (C=O) groups is 2. The normalized spacial score (nSPS) is 19.9. The van der Waals surface area contributed by atoms with Crippen molar-refractivity contribution in [2.45, 2.75) is 35.2 Å². The van der Waals surface area contributed by atoms with E-state index < -0.39 is 25.7 Å². The van der Waals surface area contributed by atoms with Crippen LogP contribution >= 0.6 is 0 Å². The molecule has 2 aliphatic heterocycles. The molecule has 2 heterocycles. The molecule has 11 heteroatoms. The number of aldehydes is 1. The van der Waals surface area contributed by atoms with Crippen molar-refractivity contribution in [3.8, 4) is 0 Å². The van der Waals surface area contributed by atoms with Gasteiger partial charge in [0.15, 0.2) is 5.78 Å². The summed E-state index contributed by atoms with van der Waals surface area (Å²) in [5.74, 6) is -0.143. The van der Waals surface area contributed by atoms with Crippen LogP contribution in [0.15, 0.2) is 58.3 Å². The minimum Gasteiger partial charge on any atom is -0.298 e. The highest BCUT2D eigenvalue weighted by Gasteiger charge is 2.53. The Bertz CT molecular complexity index is 1300. The Balaban J connectivity index is 1.57. The molecule has 0 radical (unpaired) electrons. The van der Waals surface area contributed by atoms with Crippen molar-refractivity contribution < 1.29 is 26.4 Å². The van der Waals surface area contributed by atoms with E-state index in [1.165, 1.54) is 64.1 Å². The molecular formula is C23H27N3O6S2. The number of piperidine rings is 1. The van der Waals surface area contributed by atoms with Crippen LogP contribution in [0.25, 0.3) is 0 Å². The van der Waals surface area contributed by atoms with Gasteiger partial charge in [-0.05, 0) is 51.1 Å². The lowest BCUT2D eigenvalue weighted by atomic mass is 9.98. The van der Waals surface area contributed by atoms with Gasteiger partial charge in [0.25, 0.3) is 0 Å². The lowest BCUT2D eigenvalue weighted by Gasteiger charge is -2.46. The molecule has 2 aromatic rings. The van der Waals surface area contributed by atoms with Crippen molar-refractivity contribution in [1.82, 2.24) is 13.5 Å². The van der Waals surface area contributed by atoms with Gasteiger partial charge in [-0.15, -0.1) is 0 Å². The zero-order valence-electron chi connectivity index (χ0n) is 19.0. The standard InChI is InChI=1S/C23H27N3O6S2/c1-18(28)20-5-9-21(10-6-20)33(29,30)25-13-11-23(12-14-25)24(2)15-16-26(23)34(31,32)22-7-3-19(17-27)4-8-22/h3-10,17H,11-16H2,1-2H3. The quantitative estimate of drug-likeness (QED) is 0.435. The third kappa shape index (κ3) is 4.11. The van der Waals surface area contributed by atoms with Crippen LogP contribution in [0.4, 0.5) is 0 Å². The highest BCUT2D eigenvalue weighted by atomic mass is 32.2. The molecule has 0 aliphatic carbocycles. The van der Waals surface area contributed by atoms with Gasteiger partial charge in [0, 0.05) is 37.3 Å². The van der Waals surface area contributed by atoms with Crippen LogP contribution in [0.5, 0.6) is 0 Å². The van der Waals surface area contributed by atoms with Gasteiger partial charge in [0.2, 0.25) is 20.0 Å². The summed E-state index contributed by atoms with van der Waals surface area (Å²) < 4.78 is 56.2. The van der Waals surface area contributed by atoms with E-state index in [4.69, 9.17) is 0 Å². The number of rotatable bonds is 6. The predicted octanol–water partition coefficient (Wildman–Crippen LogP) is 1.82. The summed E-state index contributed by atoms with van der Waals surface area (Å²) in [4.78, 5) is 24.6. The SMILES string of the molecule is CC(=O)c1ccc(S(=O)(=O)N2CCC3(CC2)N(C)CCN3S(=O)(=O)c2ccc(C=O)cc2)cc1. The number of carbonyl (C=O) groups excluding carboxylic acids is 2. The lowest BCUT2D eigenvalue weighted by molar-refractivity contribution is 0.0321. The van der Waals surface area contributed by atoms with E-state index in [1.54, 1.807) is 0 Å². The monoisotopic (exact) mass is 505 g/mol. The summed E-state index contributed by atoms with van der Waals surface area (Å²) >= 11 is 0. The number of nitrogens with zero attached hydrogens (tertiary/aromatic N) is 3. The van der Waals surface area contributed by atoms with Crippen molar-refractivity contribution >= 4 is 32.1 Å². The lowest BCUT2D eigenvalue weighted by Crippen LogP contribution is -2.60. The van der Waals surface area contributed by atoms with E-state index in [-0.39, 0.29) is 28.7 Å². The Kier molecular flexibility index (Phi) is 6.51. The average molecular weight is 506 g/mol. The topological polar surface area (TPSA) is 112 Å². The van der Waals surface area contributed by atoms with Crippen LogP contribution in [-0.4, -0.2) is 81.3 Å². The highest BCUT2D eigenvalue weighted by Crippen LogP contribution is 2.40. The van der Waals surface area contributed by atoms with Gasteiger partial charge < -0.3 is 0 Å². The van der Waals surface area contributed by atoms with Crippen LogP contribution in [-0.2, 0) is 20.0 Å². The molecule has 0 unspecified atom stereocenters. The van der Waals surface area contributed by atoms with E-state index in [1.807, 2.05) is 11.9 Å². The number of sulfonamides is 2. The Hall–Kier alpha value is -2.44. The summed E-state index contributed by atoms with van der Waals surface area (Å²) in [6.45, 7) is 2.58. The van der Waals surface area contributed by atoms with Crippen LogP contribution in [0, 0.1) is 0 Å². The molecule has 0 N–H and O–H groups in total. The molecule has 0 aromatic heterocycles. The molecule has 9 nitrogen and oxygen atoms in total. The van der Waals surface area contributed by atoms with Crippen molar-refractivity contribution in [2.75, 3.05) is 33.2 Å². The van der Waals surface area contributed by atoms with E-state index in [2.05, 4.69) is 0 Å². The molecule has 1 spiro atoms.